The zero-order chi connectivity index (χ0) is 24.4. The molecule has 2 fully saturated rings. The lowest BCUT2D eigenvalue weighted by Crippen LogP contribution is -2.53. The van der Waals surface area contributed by atoms with Gasteiger partial charge >= 0.3 is 0 Å². The first-order valence-electron chi connectivity index (χ1n) is 11.9. The van der Waals surface area contributed by atoms with E-state index in [1.165, 1.54) is 5.56 Å². The van der Waals surface area contributed by atoms with E-state index in [1.807, 2.05) is 47.4 Å². The smallest absolute Gasteiger partial charge is 0.270 e. The summed E-state index contributed by atoms with van der Waals surface area (Å²) in [7, 11) is 1.54. The van der Waals surface area contributed by atoms with Gasteiger partial charge in [-0.25, -0.2) is 4.98 Å². The Hall–Kier alpha value is -3.94. The molecule has 1 aliphatic carbocycles. The molecule has 2 aromatic carbocycles. The second-order valence-electron chi connectivity index (χ2n) is 8.98. The van der Waals surface area contributed by atoms with E-state index in [1.54, 1.807) is 18.1 Å². The normalized spacial score (nSPS) is 19.3. The van der Waals surface area contributed by atoms with Gasteiger partial charge in [0, 0.05) is 43.5 Å². The summed E-state index contributed by atoms with van der Waals surface area (Å²) in [5.41, 5.74) is 2.06. The number of benzene rings is 2. The fourth-order valence-electron chi connectivity index (χ4n) is 4.73. The van der Waals surface area contributed by atoms with Crippen LogP contribution in [0.25, 0.3) is 10.9 Å². The van der Waals surface area contributed by atoms with Crippen molar-refractivity contribution in [2.75, 3.05) is 39.8 Å². The molecular formula is C27H28N4O4. The van der Waals surface area contributed by atoms with Gasteiger partial charge in [0.05, 0.1) is 19.2 Å². The topological polar surface area (TPSA) is 91.8 Å². The number of fused-ring (bicyclic) bond motifs is 1. The molecule has 1 aliphatic heterocycles. The van der Waals surface area contributed by atoms with Gasteiger partial charge < -0.3 is 19.9 Å². The summed E-state index contributed by atoms with van der Waals surface area (Å²) in [6.45, 7) is 1.83. The predicted molar refractivity (Wildman–Crippen MR) is 131 cm³/mol. The van der Waals surface area contributed by atoms with E-state index in [0.717, 1.165) is 11.8 Å². The number of ether oxygens (including phenoxy) is 1. The van der Waals surface area contributed by atoms with Crippen molar-refractivity contribution in [1.29, 1.82) is 0 Å². The SMILES string of the molecule is COc1cc(C(=O)NCC(=O)N2CCN(C(=O)C3CC3c3ccccc3)CC2)nc2ccccc12. The Morgan fingerprint density at radius 3 is 2.40 bits per heavy atom. The molecule has 2 atom stereocenters. The molecule has 2 aliphatic rings. The summed E-state index contributed by atoms with van der Waals surface area (Å²) in [5.74, 6) is 0.476. The van der Waals surface area contributed by atoms with Crippen molar-refractivity contribution in [2.45, 2.75) is 12.3 Å². The third-order valence-electron chi connectivity index (χ3n) is 6.81. The minimum absolute atomic E-state index is 0.0467. The molecule has 1 saturated carbocycles. The first-order valence-corrected chi connectivity index (χ1v) is 11.9. The quantitative estimate of drug-likeness (QED) is 0.595. The van der Waals surface area contributed by atoms with Crippen LogP contribution < -0.4 is 10.1 Å². The van der Waals surface area contributed by atoms with Crippen molar-refractivity contribution >= 4 is 28.6 Å². The maximum absolute atomic E-state index is 12.9. The molecule has 2 heterocycles. The van der Waals surface area contributed by atoms with Gasteiger partial charge in [-0.2, -0.15) is 0 Å². The van der Waals surface area contributed by atoms with Crippen LogP contribution in [0.2, 0.25) is 0 Å². The van der Waals surface area contributed by atoms with Gasteiger partial charge in [0.1, 0.15) is 11.4 Å². The van der Waals surface area contributed by atoms with E-state index < -0.39 is 5.91 Å². The minimum atomic E-state index is -0.433. The third-order valence-corrected chi connectivity index (χ3v) is 6.81. The van der Waals surface area contributed by atoms with Crippen LogP contribution in [0.1, 0.15) is 28.4 Å². The van der Waals surface area contributed by atoms with Crippen LogP contribution in [-0.4, -0.2) is 72.3 Å². The summed E-state index contributed by atoms with van der Waals surface area (Å²) in [4.78, 5) is 46.2. The third kappa shape index (κ3) is 4.82. The van der Waals surface area contributed by atoms with E-state index in [0.29, 0.717) is 43.4 Å². The number of nitrogens with zero attached hydrogens (tertiary/aromatic N) is 3. The van der Waals surface area contributed by atoms with Crippen LogP contribution in [0.15, 0.2) is 60.7 Å². The highest BCUT2D eigenvalue weighted by atomic mass is 16.5. The Balaban J connectivity index is 1.11. The van der Waals surface area contributed by atoms with Gasteiger partial charge in [-0.05, 0) is 30.0 Å². The van der Waals surface area contributed by atoms with Gasteiger partial charge in [0.15, 0.2) is 0 Å². The number of pyridine rings is 1. The number of rotatable bonds is 6. The number of aromatic nitrogens is 1. The lowest BCUT2D eigenvalue weighted by Gasteiger charge is -2.35. The number of para-hydroxylation sites is 1. The van der Waals surface area contributed by atoms with Gasteiger partial charge in [-0.15, -0.1) is 0 Å². The molecule has 3 aromatic rings. The zero-order valence-corrected chi connectivity index (χ0v) is 19.6. The predicted octanol–water partition coefficient (Wildman–Crippen LogP) is 2.45. The molecule has 1 N–H and O–H groups in total. The van der Waals surface area contributed by atoms with Crippen molar-refractivity contribution in [2.24, 2.45) is 5.92 Å². The summed E-state index contributed by atoms with van der Waals surface area (Å²) in [5, 5.41) is 3.49. The molecular weight excluding hydrogens is 444 g/mol. The van der Waals surface area contributed by atoms with Crippen LogP contribution in [0.4, 0.5) is 0 Å². The number of hydrogen-bond acceptors (Lipinski definition) is 5. The van der Waals surface area contributed by atoms with Crippen molar-refractivity contribution in [3.63, 3.8) is 0 Å². The number of amides is 3. The highest BCUT2D eigenvalue weighted by Crippen LogP contribution is 2.48. The highest BCUT2D eigenvalue weighted by molar-refractivity contribution is 5.98. The van der Waals surface area contributed by atoms with Crippen molar-refractivity contribution in [1.82, 2.24) is 20.1 Å². The van der Waals surface area contributed by atoms with Crippen molar-refractivity contribution in [3.05, 3.63) is 71.9 Å². The fraction of sp³-hybridized carbons (Fsp3) is 0.333. The van der Waals surface area contributed by atoms with Crippen LogP contribution in [0.5, 0.6) is 5.75 Å². The van der Waals surface area contributed by atoms with Gasteiger partial charge in [0.25, 0.3) is 5.91 Å². The van der Waals surface area contributed by atoms with E-state index >= 15 is 0 Å². The Bertz CT molecular complexity index is 1250. The molecule has 2 unspecified atom stereocenters. The maximum atomic E-state index is 12.9. The summed E-state index contributed by atoms with van der Waals surface area (Å²) >= 11 is 0. The average Bonchev–Trinajstić information content (AvgIpc) is 3.72. The van der Waals surface area contributed by atoms with E-state index in [2.05, 4.69) is 22.4 Å². The lowest BCUT2D eigenvalue weighted by molar-refractivity contribution is -0.139. The van der Waals surface area contributed by atoms with Crippen LogP contribution in [0.3, 0.4) is 0 Å². The Morgan fingerprint density at radius 1 is 0.971 bits per heavy atom. The fourth-order valence-corrected chi connectivity index (χ4v) is 4.73. The number of methoxy groups -OCH3 is 1. The van der Waals surface area contributed by atoms with Gasteiger partial charge in [-0.3, -0.25) is 14.4 Å². The molecule has 0 bridgehead atoms. The first kappa shape index (κ1) is 22.8. The molecule has 1 saturated heterocycles. The monoisotopic (exact) mass is 472 g/mol. The van der Waals surface area contributed by atoms with Crippen molar-refractivity contribution in [3.8, 4) is 5.75 Å². The van der Waals surface area contributed by atoms with Crippen LogP contribution in [0, 0.1) is 5.92 Å². The Labute approximate surface area is 203 Å². The number of nitrogens with one attached hydrogen (secondary N) is 1. The molecule has 5 rings (SSSR count). The summed E-state index contributed by atoms with van der Waals surface area (Å²) in [6.07, 6.45) is 0.890. The number of carbonyl (C=O) groups excluding carboxylic acids is 3. The standard InChI is InChI=1S/C27H28N4O4/c1-35-24-16-23(29-22-10-6-5-9-19(22)24)26(33)28-17-25(32)30-11-13-31(14-12-30)27(34)21-15-20(21)18-7-3-2-4-8-18/h2-10,16,20-21H,11-15,17H2,1H3,(H,28,33). The molecule has 180 valence electrons. The molecule has 1 aromatic heterocycles. The van der Waals surface area contributed by atoms with Gasteiger partial charge in [0.2, 0.25) is 11.8 Å². The molecule has 0 radical (unpaired) electrons. The number of piperazine rings is 1. The summed E-state index contributed by atoms with van der Waals surface area (Å²) < 4.78 is 5.39. The van der Waals surface area contributed by atoms with Crippen LogP contribution >= 0.6 is 0 Å². The minimum Gasteiger partial charge on any atom is -0.496 e. The number of hydrogen-bond donors (Lipinski definition) is 1. The first-order chi connectivity index (χ1) is 17.0. The molecule has 35 heavy (non-hydrogen) atoms. The molecule has 0 spiro atoms. The van der Waals surface area contributed by atoms with E-state index in [-0.39, 0.29) is 30.0 Å². The molecule has 8 heteroatoms. The molecule has 3 amide bonds. The molecule has 8 nitrogen and oxygen atoms in total. The average molecular weight is 473 g/mol. The Kier molecular flexibility index (Phi) is 6.35. The number of carbonyl (C=O) groups is 3. The van der Waals surface area contributed by atoms with E-state index in [9.17, 15) is 14.4 Å². The van der Waals surface area contributed by atoms with Crippen LogP contribution in [-0.2, 0) is 9.59 Å². The second-order valence-corrected chi connectivity index (χ2v) is 8.98. The lowest BCUT2D eigenvalue weighted by atomic mass is 10.1. The largest absolute Gasteiger partial charge is 0.496 e. The zero-order valence-electron chi connectivity index (χ0n) is 19.6. The van der Waals surface area contributed by atoms with Crippen molar-refractivity contribution < 1.29 is 19.1 Å². The Morgan fingerprint density at radius 2 is 1.66 bits per heavy atom. The second kappa shape index (κ2) is 9.74. The summed E-state index contributed by atoms with van der Waals surface area (Å²) in [6, 6.07) is 19.1. The maximum Gasteiger partial charge on any atom is 0.270 e. The highest BCUT2D eigenvalue weighted by Gasteiger charge is 2.46. The van der Waals surface area contributed by atoms with E-state index in [4.69, 9.17) is 4.74 Å². The van der Waals surface area contributed by atoms with Gasteiger partial charge in [-0.1, -0.05) is 42.5 Å².